The van der Waals surface area contributed by atoms with E-state index >= 15 is 0 Å². The van der Waals surface area contributed by atoms with E-state index in [1.807, 2.05) is 31.7 Å². The van der Waals surface area contributed by atoms with E-state index in [4.69, 9.17) is 15.2 Å². The Labute approximate surface area is 191 Å². The summed E-state index contributed by atoms with van der Waals surface area (Å²) >= 11 is 0. The monoisotopic (exact) mass is 443 g/mol. The van der Waals surface area contributed by atoms with Gasteiger partial charge in [-0.15, -0.1) is 0 Å². The fourth-order valence-electron chi connectivity index (χ4n) is 3.51. The van der Waals surface area contributed by atoms with Crippen molar-refractivity contribution in [2.75, 3.05) is 44.4 Å². The standard InChI is InChI=1S/C24H37N5O3/c1-6-9-12-26-23-20(17(4)27-24(25)28-23)14-19-11-10-18(13-21(19)31-5)15-29(7-2)16-22(30)32-8-3/h10-11,13H,6-9,12,14-16H2,1-5H3,(H3,25,26,27,28). The zero-order valence-electron chi connectivity index (χ0n) is 20.0. The molecular weight excluding hydrogens is 406 g/mol. The number of carbonyl (C=O) groups is 1. The van der Waals surface area contributed by atoms with Crippen LogP contribution in [0.1, 0.15) is 56.0 Å². The molecule has 32 heavy (non-hydrogen) atoms. The van der Waals surface area contributed by atoms with Gasteiger partial charge in [0.2, 0.25) is 5.95 Å². The van der Waals surface area contributed by atoms with E-state index in [2.05, 4.69) is 34.3 Å². The van der Waals surface area contributed by atoms with E-state index in [-0.39, 0.29) is 18.5 Å². The third kappa shape index (κ3) is 7.37. The van der Waals surface area contributed by atoms with Gasteiger partial charge in [0.1, 0.15) is 11.6 Å². The number of rotatable bonds is 13. The fourth-order valence-corrected chi connectivity index (χ4v) is 3.51. The highest BCUT2D eigenvalue weighted by Crippen LogP contribution is 2.28. The van der Waals surface area contributed by atoms with Gasteiger partial charge in [-0.05, 0) is 44.0 Å². The van der Waals surface area contributed by atoms with Crippen molar-refractivity contribution < 1.29 is 14.3 Å². The van der Waals surface area contributed by atoms with Gasteiger partial charge in [0.15, 0.2) is 0 Å². The van der Waals surface area contributed by atoms with Crippen LogP contribution in [0.5, 0.6) is 5.75 Å². The second kappa shape index (κ2) is 12.9. The number of esters is 1. The zero-order chi connectivity index (χ0) is 23.5. The van der Waals surface area contributed by atoms with E-state index in [9.17, 15) is 4.79 Å². The third-order valence-corrected chi connectivity index (χ3v) is 5.28. The minimum Gasteiger partial charge on any atom is -0.496 e. The second-order valence-corrected chi connectivity index (χ2v) is 7.71. The van der Waals surface area contributed by atoms with Gasteiger partial charge in [-0.1, -0.05) is 32.4 Å². The van der Waals surface area contributed by atoms with E-state index < -0.39 is 0 Å². The Morgan fingerprint density at radius 3 is 2.66 bits per heavy atom. The number of unbranched alkanes of at least 4 members (excludes halogenated alkanes) is 1. The summed E-state index contributed by atoms with van der Waals surface area (Å²) in [6.45, 7) is 10.8. The highest BCUT2D eigenvalue weighted by Gasteiger charge is 2.16. The number of hydrogen-bond donors (Lipinski definition) is 2. The molecule has 0 amide bonds. The van der Waals surface area contributed by atoms with Gasteiger partial charge in [-0.3, -0.25) is 9.69 Å². The minimum absolute atomic E-state index is 0.208. The van der Waals surface area contributed by atoms with Crippen molar-refractivity contribution in [3.8, 4) is 5.75 Å². The molecule has 176 valence electrons. The molecule has 0 aliphatic heterocycles. The molecule has 0 bridgehead atoms. The largest absolute Gasteiger partial charge is 0.496 e. The molecule has 2 aromatic rings. The van der Waals surface area contributed by atoms with Gasteiger partial charge in [0, 0.05) is 30.8 Å². The Hall–Kier alpha value is -2.87. The second-order valence-electron chi connectivity index (χ2n) is 7.71. The molecule has 8 nitrogen and oxygen atoms in total. The molecule has 0 spiro atoms. The SMILES string of the molecule is CCCCNc1nc(N)nc(C)c1Cc1ccc(CN(CC)CC(=O)OCC)cc1OC. The van der Waals surface area contributed by atoms with E-state index in [1.54, 1.807) is 7.11 Å². The molecule has 0 unspecified atom stereocenters. The number of hydrogen-bond acceptors (Lipinski definition) is 8. The number of benzene rings is 1. The molecular formula is C24H37N5O3. The van der Waals surface area contributed by atoms with Crippen molar-refractivity contribution in [3.63, 3.8) is 0 Å². The van der Waals surface area contributed by atoms with Crippen LogP contribution in [0.15, 0.2) is 18.2 Å². The van der Waals surface area contributed by atoms with Gasteiger partial charge in [0.05, 0.1) is 20.3 Å². The van der Waals surface area contributed by atoms with Gasteiger partial charge in [-0.25, -0.2) is 4.98 Å². The summed E-state index contributed by atoms with van der Waals surface area (Å²) in [6.07, 6.45) is 2.78. The van der Waals surface area contributed by atoms with Crippen LogP contribution in [0.25, 0.3) is 0 Å². The third-order valence-electron chi connectivity index (χ3n) is 5.28. The number of nitrogens with one attached hydrogen (secondary N) is 1. The molecule has 1 aromatic heterocycles. The molecule has 0 aliphatic carbocycles. The summed E-state index contributed by atoms with van der Waals surface area (Å²) in [5.74, 6) is 1.64. The first-order valence-electron chi connectivity index (χ1n) is 11.3. The number of nitrogens with two attached hydrogens (primary N) is 1. The number of nitrogens with zero attached hydrogens (tertiary/aromatic N) is 3. The summed E-state index contributed by atoms with van der Waals surface area (Å²) in [5, 5.41) is 3.40. The number of aryl methyl sites for hydroxylation is 1. The van der Waals surface area contributed by atoms with Crippen LogP contribution in [0.2, 0.25) is 0 Å². The Balaban J connectivity index is 2.22. The summed E-state index contributed by atoms with van der Waals surface area (Å²) < 4.78 is 10.8. The topological polar surface area (TPSA) is 103 Å². The molecule has 2 rings (SSSR count). The Bertz CT molecular complexity index is 888. The van der Waals surface area contributed by atoms with E-state index in [0.29, 0.717) is 19.6 Å². The van der Waals surface area contributed by atoms with E-state index in [0.717, 1.165) is 59.9 Å². The maximum absolute atomic E-state index is 11.8. The van der Waals surface area contributed by atoms with Gasteiger partial charge >= 0.3 is 5.97 Å². The lowest BCUT2D eigenvalue weighted by atomic mass is 10.0. The maximum atomic E-state index is 11.8. The minimum atomic E-state index is -0.208. The normalized spacial score (nSPS) is 10.9. The summed E-state index contributed by atoms with van der Waals surface area (Å²) in [7, 11) is 1.67. The highest BCUT2D eigenvalue weighted by molar-refractivity contribution is 5.71. The Morgan fingerprint density at radius 2 is 2.00 bits per heavy atom. The molecule has 8 heteroatoms. The van der Waals surface area contributed by atoms with Crippen LogP contribution in [-0.2, 0) is 22.5 Å². The predicted molar refractivity (Wildman–Crippen MR) is 128 cm³/mol. The number of aromatic nitrogens is 2. The van der Waals surface area contributed by atoms with Crippen molar-refractivity contribution in [2.45, 2.75) is 53.5 Å². The van der Waals surface area contributed by atoms with Crippen LogP contribution < -0.4 is 15.8 Å². The molecule has 1 heterocycles. The van der Waals surface area contributed by atoms with Crippen molar-refractivity contribution in [1.29, 1.82) is 0 Å². The molecule has 0 aliphatic rings. The lowest BCUT2D eigenvalue weighted by Crippen LogP contribution is -2.30. The van der Waals surface area contributed by atoms with Crippen LogP contribution in [-0.4, -0.2) is 54.2 Å². The average Bonchev–Trinajstić information content (AvgIpc) is 2.76. The number of anilines is 2. The number of carbonyl (C=O) groups excluding carboxylic acids is 1. The van der Waals surface area contributed by atoms with Crippen molar-refractivity contribution in [2.24, 2.45) is 0 Å². The highest BCUT2D eigenvalue weighted by atomic mass is 16.5. The van der Waals surface area contributed by atoms with Gasteiger partial charge < -0.3 is 20.5 Å². The molecule has 0 fully saturated rings. The van der Waals surface area contributed by atoms with Gasteiger partial charge in [-0.2, -0.15) is 4.98 Å². The Morgan fingerprint density at radius 1 is 1.22 bits per heavy atom. The summed E-state index contributed by atoms with van der Waals surface area (Å²) in [6, 6.07) is 6.17. The van der Waals surface area contributed by atoms with Crippen LogP contribution in [0, 0.1) is 6.92 Å². The van der Waals surface area contributed by atoms with E-state index in [1.165, 1.54) is 0 Å². The Kier molecular flexibility index (Phi) is 10.2. The number of ether oxygens (including phenoxy) is 2. The smallest absolute Gasteiger partial charge is 0.320 e. The van der Waals surface area contributed by atoms with Crippen molar-refractivity contribution >= 4 is 17.7 Å². The zero-order valence-corrected chi connectivity index (χ0v) is 20.0. The summed E-state index contributed by atoms with van der Waals surface area (Å²) in [5.41, 5.74) is 9.87. The van der Waals surface area contributed by atoms with Crippen LogP contribution in [0.3, 0.4) is 0 Å². The molecule has 3 N–H and O–H groups in total. The summed E-state index contributed by atoms with van der Waals surface area (Å²) in [4.78, 5) is 22.7. The molecule has 0 radical (unpaired) electrons. The van der Waals surface area contributed by atoms with Gasteiger partial charge in [0.25, 0.3) is 0 Å². The van der Waals surface area contributed by atoms with Crippen molar-refractivity contribution in [3.05, 3.63) is 40.6 Å². The lowest BCUT2D eigenvalue weighted by molar-refractivity contribution is -0.144. The number of nitrogen functional groups attached to an aromatic ring is 1. The average molecular weight is 444 g/mol. The molecule has 1 aromatic carbocycles. The van der Waals surface area contributed by atoms with Crippen molar-refractivity contribution in [1.82, 2.24) is 14.9 Å². The molecule has 0 saturated heterocycles. The maximum Gasteiger partial charge on any atom is 0.320 e. The number of methoxy groups -OCH3 is 1. The van der Waals surface area contributed by atoms with Crippen LogP contribution in [0.4, 0.5) is 11.8 Å². The first-order valence-corrected chi connectivity index (χ1v) is 11.3. The lowest BCUT2D eigenvalue weighted by Gasteiger charge is -2.20. The number of likely N-dealkylation sites (N-methyl/N-ethyl adjacent to an activating group) is 1. The fraction of sp³-hybridized carbons (Fsp3) is 0.542. The first-order chi connectivity index (χ1) is 15.4. The molecule has 0 saturated carbocycles. The quantitative estimate of drug-likeness (QED) is 0.358. The first kappa shape index (κ1) is 25.4. The molecule has 0 atom stereocenters. The predicted octanol–water partition coefficient (Wildman–Crippen LogP) is 3.56. The van der Waals surface area contributed by atoms with Crippen LogP contribution >= 0.6 is 0 Å².